The molecule has 142 valence electrons. The van der Waals surface area contributed by atoms with Gasteiger partial charge in [-0.05, 0) is 37.3 Å². The van der Waals surface area contributed by atoms with Crippen molar-refractivity contribution in [1.29, 1.82) is 0 Å². The predicted octanol–water partition coefficient (Wildman–Crippen LogP) is 3.49. The Hall–Kier alpha value is -2.06. The highest BCUT2D eigenvalue weighted by molar-refractivity contribution is 7.98. The molecule has 1 fully saturated rings. The number of hydrogen-bond donors (Lipinski definition) is 0. The molecule has 1 saturated heterocycles. The van der Waals surface area contributed by atoms with E-state index in [0.717, 1.165) is 36.6 Å². The number of thiazole rings is 1. The number of carbonyl (C=O) groups is 1. The van der Waals surface area contributed by atoms with E-state index in [1.54, 1.807) is 40.2 Å². The van der Waals surface area contributed by atoms with Crippen molar-refractivity contribution in [3.8, 4) is 0 Å². The number of rotatable bonds is 4. The number of fused-ring (bicyclic) bond motifs is 1. The number of likely N-dealkylation sites (N-methyl/N-ethyl adjacent to an activating group) is 1. The molecule has 4 rings (SSSR count). The lowest BCUT2D eigenvalue weighted by Crippen LogP contribution is -2.48. The standard InChI is InChI=1S/C19H23N5OS2/c1-22-11-13(10-20-22)18(25)23(2)14-5-4-8-24(12-14)19-21-16-7-6-15(26-3)9-17(16)27-19/h6-7,9-11,14H,4-5,8,12H2,1-3H3. The summed E-state index contributed by atoms with van der Waals surface area (Å²) in [5.41, 5.74) is 1.69. The molecule has 0 spiro atoms. The summed E-state index contributed by atoms with van der Waals surface area (Å²) in [6, 6.07) is 6.61. The number of nitrogens with zero attached hydrogens (tertiary/aromatic N) is 5. The number of hydrogen-bond acceptors (Lipinski definition) is 6. The van der Waals surface area contributed by atoms with Crippen molar-refractivity contribution in [1.82, 2.24) is 19.7 Å². The number of benzene rings is 1. The first-order chi connectivity index (χ1) is 13.0. The van der Waals surface area contributed by atoms with Crippen molar-refractivity contribution in [2.45, 2.75) is 23.8 Å². The fourth-order valence-electron chi connectivity index (χ4n) is 3.50. The molecule has 2 aromatic heterocycles. The van der Waals surface area contributed by atoms with Gasteiger partial charge in [0.1, 0.15) is 0 Å². The molecule has 6 nitrogen and oxygen atoms in total. The maximum atomic E-state index is 12.8. The fraction of sp³-hybridized carbons (Fsp3) is 0.421. The molecular formula is C19H23N5OS2. The van der Waals surface area contributed by atoms with Gasteiger partial charge in [-0.3, -0.25) is 9.48 Å². The van der Waals surface area contributed by atoms with Crippen molar-refractivity contribution in [3.63, 3.8) is 0 Å². The minimum atomic E-state index is 0.0314. The molecule has 0 N–H and O–H groups in total. The van der Waals surface area contributed by atoms with Crippen molar-refractivity contribution < 1.29 is 4.79 Å². The molecule has 0 saturated carbocycles. The first-order valence-corrected chi connectivity index (χ1v) is 11.0. The third-order valence-corrected chi connectivity index (χ3v) is 6.88. The molecule has 1 atom stereocenters. The number of thioether (sulfide) groups is 1. The summed E-state index contributed by atoms with van der Waals surface area (Å²) in [5.74, 6) is 0.0314. The van der Waals surface area contributed by atoms with E-state index in [1.807, 2.05) is 19.0 Å². The summed E-state index contributed by atoms with van der Waals surface area (Å²) in [6.45, 7) is 1.80. The van der Waals surface area contributed by atoms with E-state index < -0.39 is 0 Å². The van der Waals surface area contributed by atoms with E-state index in [-0.39, 0.29) is 11.9 Å². The number of carbonyl (C=O) groups excluding carboxylic acids is 1. The molecule has 0 bridgehead atoms. The van der Waals surface area contributed by atoms with Crippen LogP contribution in [-0.4, -0.2) is 58.0 Å². The second-order valence-electron chi connectivity index (χ2n) is 6.89. The summed E-state index contributed by atoms with van der Waals surface area (Å²) in [6.07, 6.45) is 7.57. The molecule has 3 heterocycles. The lowest BCUT2D eigenvalue weighted by Gasteiger charge is -2.37. The third kappa shape index (κ3) is 3.68. The zero-order valence-corrected chi connectivity index (χ0v) is 17.4. The van der Waals surface area contributed by atoms with E-state index in [0.29, 0.717) is 5.56 Å². The van der Waals surface area contributed by atoms with Crippen LogP contribution in [-0.2, 0) is 7.05 Å². The van der Waals surface area contributed by atoms with Crippen LogP contribution in [0.25, 0.3) is 10.2 Å². The Morgan fingerprint density at radius 3 is 3.00 bits per heavy atom. The third-order valence-electron chi connectivity index (χ3n) is 5.07. The summed E-state index contributed by atoms with van der Waals surface area (Å²) in [4.78, 5) is 23.0. The zero-order chi connectivity index (χ0) is 19.0. The SMILES string of the molecule is CSc1ccc2nc(N3CCCC(N(C)C(=O)c4cnn(C)c4)C3)sc2c1. The van der Waals surface area contributed by atoms with Crippen LogP contribution in [0.2, 0.25) is 0 Å². The quantitative estimate of drug-likeness (QED) is 0.627. The van der Waals surface area contributed by atoms with Gasteiger partial charge in [-0.1, -0.05) is 11.3 Å². The predicted molar refractivity (Wildman–Crippen MR) is 112 cm³/mol. The second kappa shape index (κ2) is 7.52. The first kappa shape index (κ1) is 18.3. The Bertz CT molecular complexity index is 966. The molecule has 1 aliphatic rings. The van der Waals surface area contributed by atoms with Crippen LogP contribution < -0.4 is 4.90 Å². The molecule has 1 aliphatic heterocycles. The number of aryl methyl sites for hydroxylation is 1. The average molecular weight is 402 g/mol. The van der Waals surface area contributed by atoms with Crippen LogP contribution in [0.15, 0.2) is 35.5 Å². The van der Waals surface area contributed by atoms with Crippen LogP contribution >= 0.6 is 23.1 Å². The van der Waals surface area contributed by atoms with Crippen LogP contribution in [0.4, 0.5) is 5.13 Å². The molecule has 1 amide bonds. The van der Waals surface area contributed by atoms with Crippen molar-refractivity contribution in [2.75, 3.05) is 31.3 Å². The molecule has 8 heteroatoms. The summed E-state index contributed by atoms with van der Waals surface area (Å²) in [5, 5.41) is 5.17. The molecule has 1 unspecified atom stereocenters. The van der Waals surface area contributed by atoms with Gasteiger partial charge in [0.15, 0.2) is 5.13 Å². The highest BCUT2D eigenvalue weighted by atomic mass is 32.2. The monoisotopic (exact) mass is 401 g/mol. The Kier molecular flexibility index (Phi) is 5.10. The molecule has 3 aromatic rings. The van der Waals surface area contributed by atoms with Crippen LogP contribution in [0.1, 0.15) is 23.2 Å². The lowest BCUT2D eigenvalue weighted by atomic mass is 10.0. The Balaban J connectivity index is 1.51. The van der Waals surface area contributed by atoms with Crippen molar-refractivity contribution in [2.24, 2.45) is 7.05 Å². The normalized spacial score (nSPS) is 17.4. The van der Waals surface area contributed by atoms with Crippen molar-refractivity contribution >= 4 is 44.4 Å². The number of anilines is 1. The maximum Gasteiger partial charge on any atom is 0.257 e. The number of amides is 1. The molecule has 0 aliphatic carbocycles. The molecule has 1 aromatic carbocycles. The molecular weight excluding hydrogens is 378 g/mol. The fourth-order valence-corrected chi connectivity index (χ4v) is 5.05. The van der Waals surface area contributed by atoms with Gasteiger partial charge in [0.25, 0.3) is 5.91 Å². The summed E-state index contributed by atoms with van der Waals surface area (Å²) < 4.78 is 2.89. The van der Waals surface area contributed by atoms with Gasteiger partial charge in [-0.2, -0.15) is 5.10 Å². The first-order valence-electron chi connectivity index (χ1n) is 9.00. The minimum absolute atomic E-state index is 0.0314. The van der Waals surface area contributed by atoms with Crippen LogP contribution in [0, 0.1) is 0 Å². The van der Waals surface area contributed by atoms with Crippen LogP contribution in [0.3, 0.4) is 0 Å². The molecule has 0 radical (unpaired) electrons. The van der Waals surface area contributed by atoms with Gasteiger partial charge in [-0.15, -0.1) is 11.8 Å². The van der Waals surface area contributed by atoms with Gasteiger partial charge in [0.2, 0.25) is 0 Å². The smallest absolute Gasteiger partial charge is 0.257 e. The second-order valence-corrected chi connectivity index (χ2v) is 8.78. The van der Waals surface area contributed by atoms with E-state index in [9.17, 15) is 4.79 Å². The molecule has 27 heavy (non-hydrogen) atoms. The van der Waals surface area contributed by atoms with Gasteiger partial charge < -0.3 is 9.80 Å². The summed E-state index contributed by atoms with van der Waals surface area (Å²) >= 11 is 3.49. The minimum Gasteiger partial charge on any atom is -0.346 e. The topological polar surface area (TPSA) is 54.3 Å². The van der Waals surface area contributed by atoms with Gasteiger partial charge >= 0.3 is 0 Å². The van der Waals surface area contributed by atoms with Gasteiger partial charge in [0.05, 0.1) is 22.0 Å². The van der Waals surface area contributed by atoms with Gasteiger partial charge in [-0.25, -0.2) is 4.98 Å². The van der Waals surface area contributed by atoms with Crippen LogP contribution in [0.5, 0.6) is 0 Å². The number of aromatic nitrogens is 3. The van der Waals surface area contributed by atoms with E-state index in [2.05, 4.69) is 34.5 Å². The highest BCUT2D eigenvalue weighted by Crippen LogP contribution is 2.33. The lowest BCUT2D eigenvalue weighted by molar-refractivity contribution is 0.0717. The number of piperidine rings is 1. The average Bonchev–Trinajstić information content (AvgIpc) is 3.32. The van der Waals surface area contributed by atoms with E-state index in [1.165, 1.54) is 9.60 Å². The highest BCUT2D eigenvalue weighted by Gasteiger charge is 2.28. The zero-order valence-electron chi connectivity index (χ0n) is 15.8. The maximum absolute atomic E-state index is 12.8. The van der Waals surface area contributed by atoms with Crippen molar-refractivity contribution in [3.05, 3.63) is 36.2 Å². The Morgan fingerprint density at radius 2 is 2.26 bits per heavy atom. The largest absolute Gasteiger partial charge is 0.346 e. The Labute approximate surface area is 167 Å². The summed E-state index contributed by atoms with van der Waals surface area (Å²) in [7, 11) is 3.72. The van der Waals surface area contributed by atoms with E-state index >= 15 is 0 Å². The van der Waals surface area contributed by atoms with E-state index in [4.69, 9.17) is 4.98 Å². The van der Waals surface area contributed by atoms with Gasteiger partial charge in [0, 0.05) is 44.3 Å². The Morgan fingerprint density at radius 1 is 1.41 bits per heavy atom.